The molecule has 3 aliphatic rings. The summed E-state index contributed by atoms with van der Waals surface area (Å²) in [4.78, 5) is 35.0. The summed E-state index contributed by atoms with van der Waals surface area (Å²) >= 11 is 1.31. The molecule has 6 rings (SSSR count). The van der Waals surface area contributed by atoms with Crippen LogP contribution in [0.25, 0.3) is 0 Å². The van der Waals surface area contributed by atoms with Crippen LogP contribution in [0, 0.1) is 0 Å². The molecule has 2 fully saturated rings. The third kappa shape index (κ3) is 5.04. The predicted octanol–water partition coefficient (Wildman–Crippen LogP) is 3.52. The Balaban J connectivity index is 1.13. The van der Waals surface area contributed by atoms with E-state index >= 15 is 0 Å². The van der Waals surface area contributed by atoms with Crippen molar-refractivity contribution >= 4 is 39.5 Å². The van der Waals surface area contributed by atoms with E-state index in [-0.39, 0.29) is 17.9 Å². The Hall–Kier alpha value is -3.47. The molecule has 0 aliphatic carbocycles. The molecule has 2 aromatic heterocycles. The number of carbonyl (C=O) groups is 2. The zero-order valence-electron chi connectivity index (χ0n) is 20.4. The first-order chi connectivity index (χ1) is 18.2. The highest BCUT2D eigenvalue weighted by atomic mass is 32.1. The van der Waals surface area contributed by atoms with E-state index in [0.29, 0.717) is 35.0 Å². The first-order valence-corrected chi connectivity index (χ1v) is 13.5. The second-order valence-corrected chi connectivity index (χ2v) is 10.4. The monoisotopic (exact) mass is 519 g/mol. The Morgan fingerprint density at radius 2 is 2.11 bits per heavy atom. The zero-order chi connectivity index (χ0) is 25.2. The molecule has 3 aliphatic heterocycles. The minimum absolute atomic E-state index is 0.0837. The quantitative estimate of drug-likeness (QED) is 0.493. The molecule has 192 valence electrons. The van der Waals surface area contributed by atoms with E-state index in [1.165, 1.54) is 11.3 Å². The van der Waals surface area contributed by atoms with Crippen LogP contribution in [0.1, 0.15) is 38.4 Å². The number of piperazine rings is 1. The lowest BCUT2D eigenvalue weighted by molar-refractivity contribution is 0.0679. The highest BCUT2D eigenvalue weighted by Crippen LogP contribution is 2.35. The molecule has 5 heterocycles. The van der Waals surface area contributed by atoms with Crippen LogP contribution in [0.4, 0.5) is 16.4 Å². The van der Waals surface area contributed by atoms with Gasteiger partial charge in [0.05, 0.1) is 40.1 Å². The van der Waals surface area contributed by atoms with Gasteiger partial charge in [0.2, 0.25) is 0 Å². The number of fused-ring (bicyclic) bond motifs is 1. The van der Waals surface area contributed by atoms with Gasteiger partial charge in [-0.25, -0.2) is 0 Å². The molecule has 0 radical (unpaired) electrons. The average Bonchev–Trinajstić information content (AvgIpc) is 3.69. The number of hydrogen-bond acceptors (Lipinski definition) is 8. The molecular weight excluding hydrogens is 490 g/mol. The van der Waals surface area contributed by atoms with Gasteiger partial charge in [0.15, 0.2) is 0 Å². The van der Waals surface area contributed by atoms with E-state index in [2.05, 4.69) is 20.5 Å². The van der Waals surface area contributed by atoms with E-state index < -0.39 is 0 Å². The average molecular weight is 520 g/mol. The molecule has 2 saturated heterocycles. The summed E-state index contributed by atoms with van der Waals surface area (Å²) in [6, 6.07) is 11.2. The van der Waals surface area contributed by atoms with Crippen molar-refractivity contribution in [3.05, 3.63) is 64.8 Å². The number of nitrogens with one attached hydrogen (secondary N) is 2. The Morgan fingerprint density at radius 1 is 1.22 bits per heavy atom. The summed E-state index contributed by atoms with van der Waals surface area (Å²) < 4.78 is 11.5. The fraction of sp³-hybridized carbons (Fsp3) is 0.370. The van der Waals surface area contributed by atoms with E-state index in [4.69, 9.17) is 9.47 Å². The molecule has 0 spiro atoms. The topological polar surface area (TPSA) is 96.0 Å². The number of thiophene rings is 1. The van der Waals surface area contributed by atoms with Gasteiger partial charge in [-0.3, -0.25) is 19.5 Å². The van der Waals surface area contributed by atoms with Crippen molar-refractivity contribution in [2.45, 2.75) is 25.5 Å². The van der Waals surface area contributed by atoms with Crippen LogP contribution in [0.3, 0.4) is 0 Å². The summed E-state index contributed by atoms with van der Waals surface area (Å²) in [6.07, 6.45) is 5.61. The van der Waals surface area contributed by atoms with Crippen LogP contribution in [0.2, 0.25) is 0 Å². The van der Waals surface area contributed by atoms with Gasteiger partial charge in [-0.2, -0.15) is 0 Å². The molecule has 9 nitrogen and oxygen atoms in total. The number of anilines is 3. The van der Waals surface area contributed by atoms with Gasteiger partial charge in [-0.1, -0.05) is 6.07 Å². The molecule has 10 heteroatoms. The molecule has 0 saturated carbocycles. The van der Waals surface area contributed by atoms with Crippen LogP contribution in [-0.2, 0) is 11.3 Å². The van der Waals surface area contributed by atoms with Gasteiger partial charge in [0.25, 0.3) is 11.8 Å². The van der Waals surface area contributed by atoms with E-state index in [1.54, 1.807) is 23.4 Å². The van der Waals surface area contributed by atoms with Gasteiger partial charge in [-0.05, 0) is 48.7 Å². The maximum atomic E-state index is 13.2. The summed E-state index contributed by atoms with van der Waals surface area (Å²) in [6.45, 7) is 5.29. The number of nitrogens with zero attached hydrogens (tertiary/aromatic N) is 3. The van der Waals surface area contributed by atoms with Crippen molar-refractivity contribution in [3.63, 3.8) is 0 Å². The van der Waals surface area contributed by atoms with Crippen molar-refractivity contribution in [2.75, 3.05) is 54.5 Å². The molecule has 37 heavy (non-hydrogen) atoms. The summed E-state index contributed by atoms with van der Waals surface area (Å²) in [5, 5.41) is 7.10. The van der Waals surface area contributed by atoms with Crippen molar-refractivity contribution < 1.29 is 19.1 Å². The lowest BCUT2D eigenvalue weighted by Crippen LogP contribution is -2.43. The fourth-order valence-corrected chi connectivity index (χ4v) is 5.86. The lowest BCUT2D eigenvalue weighted by atomic mass is 10.1. The van der Waals surface area contributed by atoms with E-state index in [0.717, 1.165) is 61.9 Å². The van der Waals surface area contributed by atoms with Crippen molar-refractivity contribution in [1.29, 1.82) is 0 Å². The Bertz CT molecular complexity index is 1300. The van der Waals surface area contributed by atoms with Gasteiger partial charge < -0.3 is 25.0 Å². The number of ether oxygens (including phenoxy) is 2. The molecule has 1 unspecified atom stereocenters. The third-order valence-corrected chi connectivity index (χ3v) is 8.04. The minimum Gasteiger partial charge on any atom is -0.491 e. The summed E-state index contributed by atoms with van der Waals surface area (Å²) in [5.74, 6) is 0.377. The van der Waals surface area contributed by atoms with Gasteiger partial charge in [-0.15, -0.1) is 11.3 Å². The number of benzene rings is 1. The standard InChI is InChI=1S/C27H29N5O4S/c33-26(30-22-15-29-8-7-23(22)31-11-9-28-10-12-31)24-5-6-25(37-24)32-16-18-3-4-19(14-21(18)27(32)34)36-17-20-2-1-13-35-20/h3-8,14-15,20,28H,1-2,9-13,16-17H2,(H,30,33). The number of aromatic nitrogens is 1. The van der Waals surface area contributed by atoms with Crippen LogP contribution in [0.15, 0.2) is 48.8 Å². The number of amides is 2. The fourth-order valence-electron chi connectivity index (χ4n) is 4.96. The largest absolute Gasteiger partial charge is 0.491 e. The van der Waals surface area contributed by atoms with Crippen LogP contribution in [-0.4, -0.2) is 62.3 Å². The second-order valence-electron chi connectivity index (χ2n) is 9.38. The van der Waals surface area contributed by atoms with Gasteiger partial charge in [0.1, 0.15) is 12.4 Å². The van der Waals surface area contributed by atoms with Crippen molar-refractivity contribution in [1.82, 2.24) is 10.3 Å². The second kappa shape index (κ2) is 10.5. The number of carbonyl (C=O) groups excluding carboxylic acids is 2. The van der Waals surface area contributed by atoms with Crippen molar-refractivity contribution in [2.24, 2.45) is 0 Å². The zero-order valence-corrected chi connectivity index (χ0v) is 21.3. The predicted molar refractivity (Wildman–Crippen MR) is 143 cm³/mol. The molecule has 2 amide bonds. The summed E-state index contributed by atoms with van der Waals surface area (Å²) in [7, 11) is 0. The Morgan fingerprint density at radius 3 is 2.95 bits per heavy atom. The van der Waals surface area contributed by atoms with Gasteiger partial charge in [0, 0.05) is 44.5 Å². The normalized spacial score (nSPS) is 19.2. The molecular formula is C27H29N5O4S. The smallest absolute Gasteiger partial charge is 0.265 e. The molecule has 2 N–H and O–H groups in total. The maximum Gasteiger partial charge on any atom is 0.265 e. The highest BCUT2D eigenvalue weighted by Gasteiger charge is 2.30. The Labute approximate surface area is 219 Å². The molecule has 3 aromatic rings. The number of rotatable bonds is 7. The van der Waals surface area contributed by atoms with Crippen LogP contribution < -0.4 is 25.2 Å². The maximum absolute atomic E-state index is 13.2. The molecule has 1 atom stereocenters. The Kier molecular flexibility index (Phi) is 6.77. The first kappa shape index (κ1) is 23.9. The number of pyridine rings is 1. The van der Waals surface area contributed by atoms with E-state index in [1.807, 2.05) is 30.3 Å². The highest BCUT2D eigenvalue weighted by molar-refractivity contribution is 7.18. The van der Waals surface area contributed by atoms with Gasteiger partial charge >= 0.3 is 0 Å². The van der Waals surface area contributed by atoms with Crippen LogP contribution >= 0.6 is 11.3 Å². The minimum atomic E-state index is -0.213. The lowest BCUT2D eigenvalue weighted by Gasteiger charge is -2.30. The van der Waals surface area contributed by atoms with Crippen LogP contribution in [0.5, 0.6) is 5.75 Å². The molecule has 1 aromatic carbocycles. The number of hydrogen-bond donors (Lipinski definition) is 2. The van der Waals surface area contributed by atoms with E-state index in [9.17, 15) is 9.59 Å². The summed E-state index contributed by atoms with van der Waals surface area (Å²) in [5.41, 5.74) is 3.24. The SMILES string of the molecule is O=C(Nc1cnccc1N1CCNCC1)c1ccc(N2Cc3ccc(OCC4CCCO4)cc3C2=O)s1. The van der Waals surface area contributed by atoms with Crippen molar-refractivity contribution in [3.8, 4) is 5.75 Å². The molecule has 0 bridgehead atoms. The third-order valence-electron chi connectivity index (χ3n) is 6.93. The first-order valence-electron chi connectivity index (χ1n) is 12.7.